The van der Waals surface area contributed by atoms with Crippen LogP contribution >= 0.6 is 11.8 Å². The maximum absolute atomic E-state index is 12.5. The molecule has 0 aromatic heterocycles. The van der Waals surface area contributed by atoms with Gasteiger partial charge in [-0.3, -0.25) is 14.4 Å². The van der Waals surface area contributed by atoms with Crippen molar-refractivity contribution in [3.8, 4) is 0 Å². The van der Waals surface area contributed by atoms with Crippen molar-refractivity contribution in [2.45, 2.75) is 39.7 Å². The van der Waals surface area contributed by atoms with Crippen LogP contribution in [0.2, 0.25) is 0 Å². The van der Waals surface area contributed by atoms with Crippen LogP contribution in [0.4, 0.5) is 5.69 Å². The van der Waals surface area contributed by atoms with E-state index in [4.69, 9.17) is 0 Å². The van der Waals surface area contributed by atoms with Crippen molar-refractivity contribution in [2.75, 3.05) is 17.2 Å². The van der Waals surface area contributed by atoms with E-state index in [1.165, 1.54) is 18.7 Å². The van der Waals surface area contributed by atoms with Crippen molar-refractivity contribution in [3.05, 3.63) is 29.8 Å². The topological polar surface area (TPSA) is 66.5 Å². The molecule has 130 valence electrons. The van der Waals surface area contributed by atoms with Gasteiger partial charge in [0.15, 0.2) is 5.12 Å². The normalized spacial score (nSPS) is 17.9. The highest BCUT2D eigenvalue weighted by atomic mass is 32.2. The number of thioether (sulfide) groups is 1. The number of carbonyl (C=O) groups excluding carboxylic acids is 3. The summed E-state index contributed by atoms with van der Waals surface area (Å²) in [4.78, 5) is 37.7. The lowest BCUT2D eigenvalue weighted by Crippen LogP contribution is -2.41. The number of anilines is 1. The van der Waals surface area contributed by atoms with Crippen molar-refractivity contribution in [3.63, 3.8) is 0 Å². The third-order valence-corrected chi connectivity index (χ3v) is 4.70. The number of hydrogen-bond acceptors (Lipinski definition) is 4. The van der Waals surface area contributed by atoms with E-state index in [-0.39, 0.29) is 28.4 Å². The van der Waals surface area contributed by atoms with Gasteiger partial charge in [-0.25, -0.2) is 0 Å². The highest BCUT2D eigenvalue weighted by Crippen LogP contribution is 2.30. The fourth-order valence-corrected chi connectivity index (χ4v) is 3.36. The molecule has 1 N–H and O–H groups in total. The molecular weight excluding hydrogens is 324 g/mol. The van der Waals surface area contributed by atoms with E-state index in [2.05, 4.69) is 5.32 Å². The molecule has 1 fully saturated rings. The van der Waals surface area contributed by atoms with Crippen LogP contribution in [-0.4, -0.2) is 34.8 Å². The molecule has 6 heteroatoms. The Balaban J connectivity index is 2.19. The molecule has 1 aromatic rings. The molecule has 2 amide bonds. The Morgan fingerprint density at radius 3 is 2.58 bits per heavy atom. The zero-order valence-corrected chi connectivity index (χ0v) is 15.4. The zero-order chi connectivity index (χ0) is 17.9. The van der Waals surface area contributed by atoms with Crippen LogP contribution in [0.1, 0.15) is 44.5 Å². The molecule has 0 saturated carbocycles. The summed E-state index contributed by atoms with van der Waals surface area (Å²) in [6.45, 7) is 7.83. The molecule has 1 aliphatic rings. The highest BCUT2D eigenvalue weighted by Gasteiger charge is 2.33. The number of benzene rings is 1. The highest BCUT2D eigenvalue weighted by molar-refractivity contribution is 8.13. The van der Waals surface area contributed by atoms with Gasteiger partial charge < -0.3 is 10.2 Å². The second-order valence-electron chi connectivity index (χ2n) is 7.10. The Hall–Kier alpha value is -1.82. The summed E-state index contributed by atoms with van der Waals surface area (Å²) < 4.78 is 0. The molecule has 0 spiro atoms. The van der Waals surface area contributed by atoms with Crippen LogP contribution in [0.3, 0.4) is 0 Å². The van der Waals surface area contributed by atoms with Gasteiger partial charge in [0.25, 0.3) is 5.91 Å². The van der Waals surface area contributed by atoms with E-state index >= 15 is 0 Å². The third-order valence-electron chi connectivity index (χ3n) is 3.66. The van der Waals surface area contributed by atoms with Crippen molar-refractivity contribution >= 4 is 34.4 Å². The molecule has 1 unspecified atom stereocenters. The van der Waals surface area contributed by atoms with Gasteiger partial charge in [0.2, 0.25) is 5.91 Å². The van der Waals surface area contributed by atoms with Crippen LogP contribution in [0, 0.1) is 5.92 Å². The Kier molecular flexibility index (Phi) is 5.70. The van der Waals surface area contributed by atoms with Crippen molar-refractivity contribution < 1.29 is 14.4 Å². The fourth-order valence-electron chi connectivity index (χ4n) is 2.67. The monoisotopic (exact) mass is 348 g/mol. The number of carbonyl (C=O) groups is 3. The number of nitrogens with zero attached hydrogens (tertiary/aromatic N) is 1. The van der Waals surface area contributed by atoms with Crippen LogP contribution in [0.5, 0.6) is 0 Å². The van der Waals surface area contributed by atoms with Crippen molar-refractivity contribution in [2.24, 2.45) is 5.92 Å². The molecule has 0 aliphatic carbocycles. The summed E-state index contributed by atoms with van der Waals surface area (Å²) >= 11 is 1.25. The largest absolute Gasteiger partial charge is 0.347 e. The summed E-state index contributed by atoms with van der Waals surface area (Å²) in [6, 6.07) is 7.16. The van der Waals surface area contributed by atoms with Gasteiger partial charge in [-0.1, -0.05) is 23.9 Å². The maximum atomic E-state index is 12.5. The predicted molar refractivity (Wildman–Crippen MR) is 97.3 cm³/mol. The minimum atomic E-state index is -0.347. The first-order chi connectivity index (χ1) is 11.2. The number of rotatable bonds is 4. The summed E-state index contributed by atoms with van der Waals surface area (Å²) in [5, 5.41) is 3.00. The lowest BCUT2D eigenvalue weighted by molar-refractivity contribution is -0.117. The zero-order valence-electron chi connectivity index (χ0n) is 14.6. The smallest absolute Gasteiger partial charge is 0.253 e. The molecule has 1 heterocycles. The molecule has 0 radical (unpaired) electrons. The van der Waals surface area contributed by atoms with E-state index < -0.39 is 0 Å². The molecule has 1 atom stereocenters. The van der Waals surface area contributed by atoms with E-state index in [1.807, 2.05) is 26.8 Å². The Morgan fingerprint density at radius 2 is 1.96 bits per heavy atom. The average Bonchev–Trinajstić information content (AvgIpc) is 2.84. The fraction of sp³-hybridized carbons (Fsp3) is 0.500. The van der Waals surface area contributed by atoms with E-state index in [1.54, 1.807) is 23.1 Å². The van der Waals surface area contributed by atoms with Gasteiger partial charge >= 0.3 is 0 Å². The summed E-state index contributed by atoms with van der Waals surface area (Å²) in [5.74, 6) is 0.575. The van der Waals surface area contributed by atoms with Gasteiger partial charge in [-0.15, -0.1) is 0 Å². The molecule has 0 bridgehead atoms. The van der Waals surface area contributed by atoms with E-state index in [9.17, 15) is 14.4 Å². The Morgan fingerprint density at radius 1 is 1.29 bits per heavy atom. The first kappa shape index (κ1) is 18.5. The third kappa shape index (κ3) is 4.84. The molecule has 1 saturated heterocycles. The van der Waals surface area contributed by atoms with E-state index in [0.717, 1.165) is 0 Å². The quantitative estimate of drug-likeness (QED) is 0.909. The van der Waals surface area contributed by atoms with Crippen molar-refractivity contribution in [1.29, 1.82) is 0 Å². The summed E-state index contributed by atoms with van der Waals surface area (Å²) in [7, 11) is 0. The molecule has 5 nitrogen and oxygen atoms in total. The number of nitrogens with one attached hydrogen (secondary N) is 1. The van der Waals surface area contributed by atoms with Crippen LogP contribution in [0.25, 0.3) is 0 Å². The Bertz CT molecular complexity index is 652. The van der Waals surface area contributed by atoms with Crippen LogP contribution in [-0.2, 0) is 9.59 Å². The Labute approximate surface area is 147 Å². The number of para-hydroxylation sites is 1. The SMILES string of the molecule is CC(=O)SCC1CC(=O)N(c2ccccc2C(=O)NC(C)(C)C)C1. The molecule has 2 rings (SSSR count). The van der Waals surface area contributed by atoms with Gasteiger partial charge in [0.05, 0.1) is 11.3 Å². The first-order valence-electron chi connectivity index (χ1n) is 8.02. The van der Waals surface area contributed by atoms with Gasteiger partial charge in [0, 0.05) is 31.2 Å². The number of amides is 2. The van der Waals surface area contributed by atoms with Crippen molar-refractivity contribution in [1.82, 2.24) is 5.32 Å². The molecule has 1 aliphatic heterocycles. The van der Waals surface area contributed by atoms with Crippen LogP contribution in [0.15, 0.2) is 24.3 Å². The molecular formula is C18H24N2O3S. The lowest BCUT2D eigenvalue weighted by Gasteiger charge is -2.24. The summed E-state index contributed by atoms with van der Waals surface area (Å²) in [6.07, 6.45) is 0.412. The minimum absolute atomic E-state index is 0.000149. The first-order valence-corrected chi connectivity index (χ1v) is 9.01. The molecule has 24 heavy (non-hydrogen) atoms. The van der Waals surface area contributed by atoms with Gasteiger partial charge in [0.1, 0.15) is 0 Å². The standard InChI is InChI=1S/C18H24N2O3S/c1-12(21)24-11-13-9-16(22)20(10-13)15-8-6-5-7-14(15)17(23)19-18(2,3)4/h5-8,13H,9-11H2,1-4H3,(H,19,23). The van der Waals surface area contributed by atoms with Gasteiger partial charge in [-0.05, 0) is 38.8 Å². The van der Waals surface area contributed by atoms with Crippen LogP contribution < -0.4 is 10.2 Å². The second-order valence-corrected chi connectivity index (χ2v) is 8.30. The molecule has 1 aromatic carbocycles. The summed E-state index contributed by atoms with van der Waals surface area (Å²) in [5.41, 5.74) is 0.792. The van der Waals surface area contributed by atoms with E-state index in [0.29, 0.717) is 30.0 Å². The van der Waals surface area contributed by atoms with Gasteiger partial charge in [-0.2, -0.15) is 0 Å². The second kappa shape index (κ2) is 7.38. The average molecular weight is 348 g/mol. The lowest BCUT2D eigenvalue weighted by atomic mass is 10.1. The maximum Gasteiger partial charge on any atom is 0.253 e. The minimum Gasteiger partial charge on any atom is -0.347 e. The predicted octanol–water partition coefficient (Wildman–Crippen LogP) is 2.85. The number of hydrogen-bond donors (Lipinski definition) is 1.